The minimum absolute atomic E-state index is 0.00880. The van der Waals surface area contributed by atoms with Crippen molar-refractivity contribution in [2.75, 3.05) is 20.1 Å². The fourth-order valence-corrected chi connectivity index (χ4v) is 3.21. The molecule has 1 unspecified atom stereocenters. The summed E-state index contributed by atoms with van der Waals surface area (Å²) in [6, 6.07) is 2.76. The quantitative estimate of drug-likeness (QED) is 0.752. The van der Waals surface area contributed by atoms with E-state index < -0.39 is 5.82 Å². The monoisotopic (exact) mass is 292 g/mol. The smallest absolute Gasteiger partial charge is 0.185 e. The lowest BCUT2D eigenvalue weighted by atomic mass is 9.89. The lowest BCUT2D eigenvalue weighted by Gasteiger charge is -2.28. The van der Waals surface area contributed by atoms with E-state index in [9.17, 15) is 9.18 Å². The van der Waals surface area contributed by atoms with Crippen LogP contribution in [0.5, 0.6) is 0 Å². The van der Waals surface area contributed by atoms with Crippen LogP contribution < -0.4 is 0 Å². The molecule has 1 saturated carbocycles. The Kier molecular flexibility index (Phi) is 5.85. The first-order valence-electron chi connectivity index (χ1n) is 7.90. The highest BCUT2D eigenvalue weighted by Crippen LogP contribution is 2.24. The Bertz CT molecular complexity index is 454. The van der Waals surface area contributed by atoms with Crippen LogP contribution in [0.3, 0.4) is 0 Å². The molecule has 1 aliphatic rings. The first kappa shape index (κ1) is 16.1. The largest absolute Gasteiger partial charge is 0.305 e. The van der Waals surface area contributed by atoms with Crippen LogP contribution in [0, 0.1) is 17.7 Å². The van der Waals surface area contributed by atoms with E-state index in [4.69, 9.17) is 0 Å². The molecule has 4 heteroatoms. The van der Waals surface area contributed by atoms with Crippen LogP contribution in [0.15, 0.2) is 18.3 Å². The molecule has 21 heavy (non-hydrogen) atoms. The van der Waals surface area contributed by atoms with E-state index in [1.165, 1.54) is 44.2 Å². The third-order valence-electron chi connectivity index (χ3n) is 4.31. The fourth-order valence-electron chi connectivity index (χ4n) is 3.21. The number of hydrogen-bond acceptors (Lipinski definition) is 3. The second kappa shape index (κ2) is 7.64. The molecule has 1 heterocycles. The molecule has 0 bridgehead atoms. The van der Waals surface area contributed by atoms with E-state index in [2.05, 4.69) is 16.9 Å². The zero-order valence-electron chi connectivity index (χ0n) is 13.0. The maximum absolute atomic E-state index is 12.8. The maximum atomic E-state index is 12.8. The lowest BCUT2D eigenvalue weighted by Crippen LogP contribution is -2.33. The van der Waals surface area contributed by atoms with E-state index in [0.29, 0.717) is 5.69 Å². The Balaban J connectivity index is 1.83. The van der Waals surface area contributed by atoms with Gasteiger partial charge in [0.2, 0.25) is 0 Å². The lowest BCUT2D eigenvalue weighted by molar-refractivity contribution is 0.0889. The summed E-state index contributed by atoms with van der Waals surface area (Å²) in [5.74, 6) is 0.241. The van der Waals surface area contributed by atoms with E-state index in [-0.39, 0.29) is 11.7 Å². The second-order valence-corrected chi connectivity index (χ2v) is 6.35. The summed E-state index contributed by atoms with van der Waals surface area (Å²) in [4.78, 5) is 18.4. The molecular formula is C17H25FN2O. The van der Waals surface area contributed by atoms with Crippen LogP contribution >= 0.6 is 0 Å². The van der Waals surface area contributed by atoms with Gasteiger partial charge in [-0.15, -0.1) is 0 Å². The number of pyridine rings is 1. The molecule has 0 aliphatic heterocycles. The molecule has 116 valence electrons. The molecule has 0 amide bonds. The Morgan fingerprint density at radius 2 is 2.10 bits per heavy atom. The van der Waals surface area contributed by atoms with Gasteiger partial charge in [0, 0.05) is 19.0 Å². The Labute approximate surface area is 126 Å². The van der Waals surface area contributed by atoms with Gasteiger partial charge >= 0.3 is 0 Å². The first-order valence-corrected chi connectivity index (χ1v) is 7.90. The Morgan fingerprint density at radius 1 is 1.38 bits per heavy atom. The van der Waals surface area contributed by atoms with Gasteiger partial charge in [0.05, 0.1) is 6.20 Å². The van der Waals surface area contributed by atoms with Gasteiger partial charge in [-0.25, -0.2) is 4.39 Å². The highest BCUT2D eigenvalue weighted by molar-refractivity contribution is 5.95. The molecule has 1 aromatic rings. The van der Waals surface area contributed by atoms with Crippen LogP contribution in [0.1, 0.15) is 49.5 Å². The summed E-state index contributed by atoms with van der Waals surface area (Å²) >= 11 is 0. The zero-order valence-corrected chi connectivity index (χ0v) is 13.0. The van der Waals surface area contributed by atoms with E-state index in [0.717, 1.165) is 25.2 Å². The van der Waals surface area contributed by atoms with Gasteiger partial charge in [-0.2, -0.15) is 0 Å². The molecular weight excluding hydrogens is 267 g/mol. The molecule has 3 nitrogen and oxygen atoms in total. The van der Waals surface area contributed by atoms with Gasteiger partial charge in [-0.3, -0.25) is 9.78 Å². The standard InChI is InChI=1S/C17H25FN2O/c1-13(17(21)16-9-8-15(18)10-19-16)11-20(2)12-14-6-4-3-5-7-14/h8-10,13-14H,3-7,11-12H2,1-2H3. The average molecular weight is 292 g/mol. The number of rotatable bonds is 6. The van der Waals surface area contributed by atoms with Crippen molar-refractivity contribution in [1.82, 2.24) is 9.88 Å². The highest BCUT2D eigenvalue weighted by Gasteiger charge is 2.21. The van der Waals surface area contributed by atoms with Crippen LogP contribution in [-0.2, 0) is 0 Å². The minimum Gasteiger partial charge on any atom is -0.305 e. The number of aromatic nitrogens is 1. The van der Waals surface area contributed by atoms with Crippen LogP contribution in [0.2, 0.25) is 0 Å². The minimum atomic E-state index is -0.409. The molecule has 0 aromatic carbocycles. The third kappa shape index (κ3) is 4.88. The van der Waals surface area contributed by atoms with Gasteiger partial charge < -0.3 is 4.90 Å². The molecule has 1 aromatic heterocycles. The Hall–Kier alpha value is -1.29. The highest BCUT2D eigenvalue weighted by atomic mass is 19.1. The van der Waals surface area contributed by atoms with Gasteiger partial charge in [0.25, 0.3) is 0 Å². The molecule has 0 spiro atoms. The van der Waals surface area contributed by atoms with E-state index in [1.54, 1.807) is 0 Å². The molecule has 2 rings (SSSR count). The summed E-state index contributed by atoms with van der Waals surface area (Å²) in [5.41, 5.74) is 0.356. The van der Waals surface area contributed by atoms with Crippen LogP contribution in [0.25, 0.3) is 0 Å². The number of ketones is 1. The summed E-state index contributed by atoms with van der Waals surface area (Å²) in [7, 11) is 2.08. The summed E-state index contributed by atoms with van der Waals surface area (Å²) in [5, 5.41) is 0. The predicted octanol–water partition coefficient (Wildman–Crippen LogP) is 3.55. The average Bonchev–Trinajstić information content (AvgIpc) is 2.48. The van der Waals surface area contributed by atoms with Gasteiger partial charge in [0.1, 0.15) is 11.5 Å². The Morgan fingerprint density at radius 3 is 2.71 bits per heavy atom. The second-order valence-electron chi connectivity index (χ2n) is 6.35. The molecule has 0 radical (unpaired) electrons. The predicted molar refractivity (Wildman–Crippen MR) is 81.8 cm³/mol. The first-order chi connectivity index (χ1) is 10.1. The van der Waals surface area contributed by atoms with Crippen molar-refractivity contribution in [3.8, 4) is 0 Å². The number of halogens is 1. The van der Waals surface area contributed by atoms with Crippen LogP contribution in [0.4, 0.5) is 4.39 Å². The number of carbonyl (C=O) groups excluding carboxylic acids is 1. The van der Waals surface area contributed by atoms with Crippen molar-refractivity contribution in [2.24, 2.45) is 11.8 Å². The van der Waals surface area contributed by atoms with Crippen LogP contribution in [-0.4, -0.2) is 35.8 Å². The van der Waals surface area contributed by atoms with E-state index in [1.807, 2.05) is 6.92 Å². The van der Waals surface area contributed by atoms with Gasteiger partial charge in [-0.05, 0) is 37.9 Å². The number of Topliss-reactive ketones (excluding diaryl/α,β-unsaturated/α-hetero) is 1. The fraction of sp³-hybridized carbons (Fsp3) is 0.647. The molecule has 0 N–H and O–H groups in total. The van der Waals surface area contributed by atoms with Gasteiger partial charge in [-0.1, -0.05) is 26.2 Å². The number of hydrogen-bond donors (Lipinski definition) is 0. The molecule has 1 aliphatic carbocycles. The zero-order chi connectivity index (χ0) is 15.2. The van der Waals surface area contributed by atoms with Crippen molar-refractivity contribution in [3.05, 3.63) is 29.8 Å². The number of carbonyl (C=O) groups is 1. The van der Waals surface area contributed by atoms with Gasteiger partial charge in [0.15, 0.2) is 5.78 Å². The summed E-state index contributed by atoms with van der Waals surface area (Å²) < 4.78 is 12.8. The molecule has 1 atom stereocenters. The SMILES string of the molecule is CC(CN(C)CC1CCCCC1)C(=O)c1ccc(F)cn1. The van der Waals surface area contributed by atoms with Crippen molar-refractivity contribution >= 4 is 5.78 Å². The number of nitrogens with zero attached hydrogens (tertiary/aromatic N) is 2. The summed E-state index contributed by atoms with van der Waals surface area (Å²) in [6.07, 6.45) is 7.77. The van der Waals surface area contributed by atoms with Crippen molar-refractivity contribution < 1.29 is 9.18 Å². The topological polar surface area (TPSA) is 33.2 Å². The van der Waals surface area contributed by atoms with Crippen molar-refractivity contribution in [2.45, 2.75) is 39.0 Å². The molecule has 0 saturated heterocycles. The maximum Gasteiger partial charge on any atom is 0.185 e. The van der Waals surface area contributed by atoms with E-state index >= 15 is 0 Å². The third-order valence-corrected chi connectivity index (χ3v) is 4.31. The van der Waals surface area contributed by atoms with Crippen molar-refractivity contribution in [1.29, 1.82) is 0 Å². The normalized spacial score (nSPS) is 17.9. The van der Waals surface area contributed by atoms with Crippen molar-refractivity contribution in [3.63, 3.8) is 0 Å². The summed E-state index contributed by atoms with van der Waals surface area (Å²) in [6.45, 7) is 3.72. The molecule has 1 fully saturated rings.